The van der Waals surface area contributed by atoms with E-state index in [0.717, 1.165) is 20.9 Å². The second-order valence-electron chi connectivity index (χ2n) is 7.00. The number of methoxy groups -OCH3 is 2. The third kappa shape index (κ3) is 3.94. The summed E-state index contributed by atoms with van der Waals surface area (Å²) in [6.07, 6.45) is 4.69. The summed E-state index contributed by atoms with van der Waals surface area (Å²) in [7, 11) is 3.16. The van der Waals surface area contributed by atoms with Crippen molar-refractivity contribution in [2.45, 2.75) is 26.7 Å². The molecular weight excluding hydrogens is 436 g/mol. The van der Waals surface area contributed by atoms with Crippen molar-refractivity contribution in [3.8, 4) is 17.2 Å². The molecule has 1 aliphatic rings. The summed E-state index contributed by atoms with van der Waals surface area (Å²) in [6.45, 7) is 3.95. The van der Waals surface area contributed by atoms with Crippen LogP contribution in [0.1, 0.15) is 31.7 Å². The van der Waals surface area contributed by atoms with E-state index in [9.17, 15) is 10.4 Å². The van der Waals surface area contributed by atoms with Gasteiger partial charge in [-0.3, -0.25) is 10.4 Å². The van der Waals surface area contributed by atoms with Crippen molar-refractivity contribution < 1.29 is 46.2 Å². The number of fused-ring (bicyclic) bond motifs is 2. The molecule has 4 rings (SSSR count). The van der Waals surface area contributed by atoms with Crippen LogP contribution >= 0.6 is 0 Å². The number of hydrogen-bond acceptors (Lipinski definition) is 7. The SMILES string of the molecule is CCC(=Cc1oc2ccc(OC)c(CC)c2[n+]1O)C=C1Oc2ccc(OC)cc2N1O.[Cl-]. The summed E-state index contributed by atoms with van der Waals surface area (Å²) in [4.78, 5) is 0. The molecule has 0 saturated heterocycles. The van der Waals surface area contributed by atoms with E-state index in [4.69, 9.17) is 18.6 Å². The molecule has 1 aromatic heterocycles. The fourth-order valence-corrected chi connectivity index (χ4v) is 3.60. The minimum absolute atomic E-state index is 0. The van der Waals surface area contributed by atoms with Gasteiger partial charge in [0.05, 0.1) is 30.6 Å². The molecule has 2 heterocycles. The highest BCUT2D eigenvalue weighted by molar-refractivity contribution is 5.77. The van der Waals surface area contributed by atoms with Gasteiger partial charge in [-0.15, -0.1) is 0 Å². The molecule has 3 aromatic rings. The summed E-state index contributed by atoms with van der Waals surface area (Å²) in [5.74, 6) is 2.32. The van der Waals surface area contributed by atoms with Gasteiger partial charge in [0.15, 0.2) is 5.75 Å². The number of nitrogens with zero attached hydrogens (tertiary/aromatic N) is 2. The normalized spacial score (nSPS) is 14.3. The molecule has 0 fully saturated rings. The number of oxazole rings is 1. The molecule has 2 aromatic carbocycles. The van der Waals surface area contributed by atoms with E-state index in [1.807, 2.05) is 19.9 Å². The maximum absolute atomic E-state index is 10.8. The van der Waals surface area contributed by atoms with Gasteiger partial charge < -0.3 is 31.0 Å². The molecule has 0 atom stereocenters. The van der Waals surface area contributed by atoms with Crippen molar-refractivity contribution in [1.82, 2.24) is 0 Å². The predicted octanol–water partition coefficient (Wildman–Crippen LogP) is 1.46. The Morgan fingerprint density at radius 2 is 1.94 bits per heavy atom. The van der Waals surface area contributed by atoms with E-state index >= 15 is 0 Å². The number of benzene rings is 2. The minimum atomic E-state index is 0. The lowest BCUT2D eigenvalue weighted by molar-refractivity contribution is -0.889. The van der Waals surface area contributed by atoms with Crippen molar-refractivity contribution >= 4 is 22.9 Å². The standard InChI is InChI=1S/C23H25N2O6.ClH/c1-5-14(11-21-24(26)17-13-15(28-3)7-8-19(17)30-21)12-22-25(27)23-16(6-2)18(29-4)9-10-20(23)31-22;/h7-13,26-27H,5-6H2,1-4H3;1H/q+1;/p-1. The van der Waals surface area contributed by atoms with Gasteiger partial charge in [0, 0.05) is 12.1 Å². The number of hydroxylamine groups is 1. The van der Waals surface area contributed by atoms with Gasteiger partial charge in [0.1, 0.15) is 17.2 Å². The van der Waals surface area contributed by atoms with E-state index < -0.39 is 0 Å². The topological polar surface area (TPSA) is 88.4 Å². The van der Waals surface area contributed by atoms with Crippen LogP contribution in [-0.4, -0.2) is 24.6 Å². The Morgan fingerprint density at radius 3 is 2.59 bits per heavy atom. The van der Waals surface area contributed by atoms with Crippen LogP contribution in [0.5, 0.6) is 17.2 Å². The van der Waals surface area contributed by atoms with Gasteiger partial charge in [-0.1, -0.05) is 13.8 Å². The summed E-state index contributed by atoms with van der Waals surface area (Å²) in [5, 5.41) is 22.3. The summed E-state index contributed by atoms with van der Waals surface area (Å²) < 4.78 is 23.3. The molecule has 170 valence electrons. The van der Waals surface area contributed by atoms with Gasteiger partial charge >= 0.3 is 11.4 Å². The zero-order valence-corrected chi connectivity index (χ0v) is 19.0. The molecule has 0 spiro atoms. The lowest BCUT2D eigenvalue weighted by atomic mass is 10.1. The Labute approximate surface area is 191 Å². The van der Waals surface area contributed by atoms with E-state index in [0.29, 0.717) is 46.9 Å². The predicted molar refractivity (Wildman–Crippen MR) is 114 cm³/mol. The van der Waals surface area contributed by atoms with Crippen LogP contribution in [0.25, 0.3) is 17.2 Å². The Bertz CT molecular complexity index is 1200. The number of hydrogen-bond donors (Lipinski definition) is 2. The number of halogens is 1. The fraction of sp³-hybridized carbons (Fsp3) is 0.261. The van der Waals surface area contributed by atoms with Gasteiger partial charge in [-0.25, -0.2) is 0 Å². The van der Waals surface area contributed by atoms with Crippen LogP contribution in [0.2, 0.25) is 0 Å². The summed E-state index contributed by atoms with van der Waals surface area (Å²) in [6, 6.07) is 8.76. The van der Waals surface area contributed by atoms with Gasteiger partial charge in [-0.2, -0.15) is 5.06 Å². The van der Waals surface area contributed by atoms with Crippen molar-refractivity contribution in [3.05, 3.63) is 59.3 Å². The van der Waals surface area contributed by atoms with Gasteiger partial charge in [0.25, 0.3) is 0 Å². The number of ether oxygens (including phenoxy) is 3. The Morgan fingerprint density at radius 1 is 1.16 bits per heavy atom. The molecule has 0 amide bonds. The molecular formula is C23H25ClN2O6. The number of rotatable bonds is 6. The molecule has 8 nitrogen and oxygen atoms in total. The molecule has 0 bridgehead atoms. The lowest BCUT2D eigenvalue weighted by Crippen LogP contribution is -3.00. The van der Waals surface area contributed by atoms with E-state index in [-0.39, 0.29) is 24.2 Å². The van der Waals surface area contributed by atoms with Crippen LogP contribution < -0.4 is 36.4 Å². The zero-order valence-electron chi connectivity index (χ0n) is 18.3. The lowest BCUT2D eigenvalue weighted by Gasteiger charge is -2.09. The van der Waals surface area contributed by atoms with Crippen LogP contribution in [0.3, 0.4) is 0 Å². The molecule has 9 heteroatoms. The van der Waals surface area contributed by atoms with E-state index in [2.05, 4.69) is 0 Å². The molecule has 0 aliphatic carbocycles. The number of anilines is 1. The first kappa shape index (κ1) is 23.3. The third-order valence-electron chi connectivity index (χ3n) is 5.25. The highest BCUT2D eigenvalue weighted by Gasteiger charge is 2.28. The van der Waals surface area contributed by atoms with Crippen molar-refractivity contribution in [2.75, 3.05) is 19.3 Å². The van der Waals surface area contributed by atoms with E-state index in [1.54, 1.807) is 50.6 Å². The van der Waals surface area contributed by atoms with Crippen LogP contribution in [-0.2, 0) is 6.42 Å². The molecule has 2 N–H and O–H groups in total. The Kier molecular flexibility index (Phi) is 6.86. The number of aromatic nitrogens is 1. The second kappa shape index (κ2) is 9.42. The summed E-state index contributed by atoms with van der Waals surface area (Å²) in [5.41, 5.74) is 3.24. The van der Waals surface area contributed by atoms with Crippen LogP contribution in [0, 0.1) is 0 Å². The molecule has 32 heavy (non-hydrogen) atoms. The second-order valence-corrected chi connectivity index (χ2v) is 7.00. The number of allylic oxidation sites excluding steroid dienone is 2. The third-order valence-corrected chi connectivity index (χ3v) is 5.25. The monoisotopic (exact) mass is 460 g/mol. The first-order valence-corrected chi connectivity index (χ1v) is 10.0. The Balaban J connectivity index is 0.00000289. The van der Waals surface area contributed by atoms with Crippen LogP contribution in [0.4, 0.5) is 5.69 Å². The van der Waals surface area contributed by atoms with Gasteiger partial charge in [0.2, 0.25) is 11.5 Å². The van der Waals surface area contributed by atoms with Crippen molar-refractivity contribution in [2.24, 2.45) is 0 Å². The molecule has 0 unspecified atom stereocenters. The molecule has 0 saturated carbocycles. The Hall–Kier alpha value is -3.36. The maximum Gasteiger partial charge on any atom is 0.423 e. The van der Waals surface area contributed by atoms with Crippen molar-refractivity contribution in [1.29, 1.82) is 0 Å². The largest absolute Gasteiger partial charge is 1.00 e. The highest BCUT2D eigenvalue weighted by Crippen LogP contribution is 2.40. The maximum atomic E-state index is 10.8. The minimum Gasteiger partial charge on any atom is -1.00 e. The van der Waals surface area contributed by atoms with Gasteiger partial charge in [-0.05, 0) is 42.7 Å². The fourth-order valence-electron chi connectivity index (χ4n) is 3.60. The molecule has 0 radical (unpaired) electrons. The molecule has 1 aliphatic heterocycles. The average molecular weight is 461 g/mol. The number of aryl methyl sites for hydroxylation is 1. The first-order chi connectivity index (χ1) is 15.0. The summed E-state index contributed by atoms with van der Waals surface area (Å²) >= 11 is 0. The van der Waals surface area contributed by atoms with Crippen LogP contribution in [0.15, 0.2) is 52.3 Å². The highest BCUT2D eigenvalue weighted by atomic mass is 35.5. The quantitative estimate of drug-likeness (QED) is 0.425. The first-order valence-electron chi connectivity index (χ1n) is 10.0. The van der Waals surface area contributed by atoms with Crippen molar-refractivity contribution in [3.63, 3.8) is 0 Å². The zero-order chi connectivity index (χ0) is 22.1. The smallest absolute Gasteiger partial charge is 0.423 e. The average Bonchev–Trinajstić information content (AvgIpc) is 3.28. The van der Waals surface area contributed by atoms with E-state index in [1.165, 1.54) is 0 Å².